The second kappa shape index (κ2) is 5.70. The lowest BCUT2D eigenvalue weighted by Crippen LogP contribution is -2.47. The van der Waals surface area contributed by atoms with Gasteiger partial charge in [-0.3, -0.25) is 4.79 Å². The molecule has 1 amide bonds. The van der Waals surface area contributed by atoms with Crippen LogP contribution in [0.2, 0.25) is 5.02 Å². The first kappa shape index (κ1) is 15.3. The van der Waals surface area contributed by atoms with E-state index in [1.165, 1.54) is 38.5 Å². The van der Waals surface area contributed by atoms with E-state index in [4.69, 9.17) is 17.3 Å². The molecule has 1 aromatic rings. The molecule has 4 bridgehead atoms. The van der Waals surface area contributed by atoms with Crippen LogP contribution in [0.25, 0.3) is 0 Å². The van der Waals surface area contributed by atoms with Crippen LogP contribution in [0.1, 0.15) is 55.3 Å². The molecule has 0 spiro atoms. The van der Waals surface area contributed by atoms with Gasteiger partial charge in [-0.1, -0.05) is 11.6 Å². The van der Waals surface area contributed by atoms with Gasteiger partial charge in [0, 0.05) is 12.2 Å². The Hall–Kier alpha value is -1.22. The second-order valence-electron chi connectivity index (χ2n) is 8.16. The molecule has 4 saturated carbocycles. The molecule has 0 atom stereocenters. The van der Waals surface area contributed by atoms with Gasteiger partial charge < -0.3 is 11.1 Å². The van der Waals surface area contributed by atoms with Gasteiger partial charge in [0.15, 0.2) is 0 Å². The maximum Gasteiger partial charge on any atom is 0.252 e. The molecule has 0 aliphatic heterocycles. The number of hydrogen-bond donors (Lipinski definition) is 2. The van der Waals surface area contributed by atoms with Crippen molar-refractivity contribution < 1.29 is 4.79 Å². The molecule has 4 aliphatic rings. The van der Waals surface area contributed by atoms with E-state index < -0.39 is 0 Å². The van der Waals surface area contributed by atoms with Gasteiger partial charge in [-0.15, -0.1) is 0 Å². The Bertz CT molecular complexity index is 593. The highest BCUT2D eigenvalue weighted by Crippen LogP contribution is 2.61. The molecule has 0 heterocycles. The predicted octanol–water partition coefficient (Wildman–Crippen LogP) is 4.26. The average molecular weight is 333 g/mol. The smallest absolute Gasteiger partial charge is 0.252 e. The summed E-state index contributed by atoms with van der Waals surface area (Å²) in [5, 5.41) is 3.53. The van der Waals surface area contributed by atoms with Crippen molar-refractivity contribution >= 4 is 23.2 Å². The lowest BCUT2D eigenvalue weighted by Gasteiger charge is -2.57. The van der Waals surface area contributed by atoms with Crippen molar-refractivity contribution in [1.82, 2.24) is 5.32 Å². The molecule has 124 valence electrons. The van der Waals surface area contributed by atoms with Gasteiger partial charge in [0.1, 0.15) is 0 Å². The van der Waals surface area contributed by atoms with Gasteiger partial charge in [0.05, 0.1) is 10.6 Å². The van der Waals surface area contributed by atoms with Gasteiger partial charge in [-0.05, 0) is 86.3 Å². The standard InChI is InChI=1S/C19H25ClN2O/c20-17-2-1-15(21)8-16(17)18(23)22-4-3-19-9-12-5-13(10-19)7-14(6-12)11-19/h1-2,8,12-14H,3-7,9-11,21H2,(H,22,23). The third kappa shape index (κ3) is 2.96. The third-order valence-corrected chi connectivity index (χ3v) is 6.67. The number of carbonyl (C=O) groups excluding carboxylic acids is 1. The zero-order valence-electron chi connectivity index (χ0n) is 13.5. The Balaban J connectivity index is 1.37. The van der Waals surface area contributed by atoms with Crippen molar-refractivity contribution in [2.75, 3.05) is 12.3 Å². The zero-order valence-corrected chi connectivity index (χ0v) is 14.2. The van der Waals surface area contributed by atoms with Crippen LogP contribution in [0.4, 0.5) is 5.69 Å². The fourth-order valence-electron chi connectivity index (χ4n) is 5.85. The molecule has 23 heavy (non-hydrogen) atoms. The van der Waals surface area contributed by atoms with E-state index in [-0.39, 0.29) is 5.91 Å². The molecule has 0 saturated heterocycles. The summed E-state index contributed by atoms with van der Waals surface area (Å²) >= 11 is 6.11. The van der Waals surface area contributed by atoms with Gasteiger partial charge in [-0.2, -0.15) is 0 Å². The summed E-state index contributed by atoms with van der Waals surface area (Å²) in [7, 11) is 0. The minimum absolute atomic E-state index is 0.105. The molecule has 1 aromatic carbocycles. The quantitative estimate of drug-likeness (QED) is 0.809. The second-order valence-corrected chi connectivity index (χ2v) is 8.57. The van der Waals surface area contributed by atoms with Crippen molar-refractivity contribution in [3.8, 4) is 0 Å². The van der Waals surface area contributed by atoms with Crippen LogP contribution in [0.3, 0.4) is 0 Å². The molecular formula is C19H25ClN2O. The van der Waals surface area contributed by atoms with Crippen LogP contribution in [0.15, 0.2) is 18.2 Å². The molecule has 4 fully saturated rings. The van der Waals surface area contributed by atoms with Crippen LogP contribution in [0.5, 0.6) is 0 Å². The summed E-state index contributed by atoms with van der Waals surface area (Å²) in [6.07, 6.45) is 9.65. The van der Waals surface area contributed by atoms with E-state index >= 15 is 0 Å². The first-order valence-corrected chi connectivity index (χ1v) is 9.24. The number of hydrogen-bond acceptors (Lipinski definition) is 2. The molecule has 4 aliphatic carbocycles. The largest absolute Gasteiger partial charge is 0.399 e. The minimum Gasteiger partial charge on any atom is -0.399 e. The van der Waals surface area contributed by atoms with E-state index in [2.05, 4.69) is 5.32 Å². The topological polar surface area (TPSA) is 55.1 Å². The number of benzene rings is 1. The van der Waals surface area contributed by atoms with E-state index in [0.717, 1.165) is 30.7 Å². The predicted molar refractivity (Wildman–Crippen MR) is 93.4 cm³/mol. The zero-order chi connectivity index (χ0) is 16.0. The Morgan fingerprint density at radius 3 is 2.39 bits per heavy atom. The number of halogens is 1. The summed E-state index contributed by atoms with van der Waals surface area (Å²) in [6.45, 7) is 0.746. The first-order valence-electron chi connectivity index (χ1n) is 8.86. The number of anilines is 1. The SMILES string of the molecule is Nc1ccc(Cl)c(C(=O)NCCC23CC4CC(CC(C4)C2)C3)c1. The van der Waals surface area contributed by atoms with E-state index in [0.29, 0.717) is 21.7 Å². The van der Waals surface area contributed by atoms with Gasteiger partial charge >= 0.3 is 0 Å². The number of nitrogen functional groups attached to an aromatic ring is 1. The summed E-state index contributed by atoms with van der Waals surface area (Å²) in [5.41, 5.74) is 7.31. The maximum atomic E-state index is 12.4. The third-order valence-electron chi connectivity index (χ3n) is 6.34. The Kier molecular flexibility index (Phi) is 3.79. The van der Waals surface area contributed by atoms with Crippen molar-refractivity contribution in [3.63, 3.8) is 0 Å². The summed E-state index contributed by atoms with van der Waals surface area (Å²) in [5.74, 6) is 2.77. The Morgan fingerprint density at radius 1 is 1.17 bits per heavy atom. The summed E-state index contributed by atoms with van der Waals surface area (Å²) in [4.78, 5) is 12.4. The van der Waals surface area contributed by atoms with Gasteiger partial charge in [0.2, 0.25) is 0 Å². The molecular weight excluding hydrogens is 308 g/mol. The lowest BCUT2D eigenvalue weighted by atomic mass is 9.49. The maximum absolute atomic E-state index is 12.4. The monoisotopic (exact) mass is 332 g/mol. The molecule has 3 nitrogen and oxygen atoms in total. The molecule has 5 rings (SSSR count). The lowest BCUT2D eigenvalue weighted by molar-refractivity contribution is -0.0564. The van der Waals surface area contributed by atoms with Crippen molar-refractivity contribution in [1.29, 1.82) is 0 Å². The summed E-state index contributed by atoms with van der Waals surface area (Å²) < 4.78 is 0. The highest BCUT2D eigenvalue weighted by Gasteiger charge is 2.50. The summed E-state index contributed by atoms with van der Waals surface area (Å²) in [6, 6.07) is 5.06. The van der Waals surface area contributed by atoms with Crippen molar-refractivity contribution in [2.24, 2.45) is 23.2 Å². The molecule has 0 unspecified atom stereocenters. The first-order chi connectivity index (χ1) is 11.0. The van der Waals surface area contributed by atoms with E-state index in [9.17, 15) is 4.79 Å². The minimum atomic E-state index is -0.105. The van der Waals surface area contributed by atoms with Crippen LogP contribution < -0.4 is 11.1 Å². The van der Waals surface area contributed by atoms with E-state index in [1.54, 1.807) is 18.2 Å². The van der Waals surface area contributed by atoms with Crippen LogP contribution >= 0.6 is 11.6 Å². The van der Waals surface area contributed by atoms with Gasteiger partial charge in [-0.25, -0.2) is 0 Å². The van der Waals surface area contributed by atoms with E-state index in [1.807, 2.05) is 0 Å². The number of amides is 1. The van der Waals surface area contributed by atoms with Crippen LogP contribution in [0, 0.1) is 23.2 Å². The number of rotatable bonds is 4. The molecule has 3 N–H and O–H groups in total. The fourth-order valence-corrected chi connectivity index (χ4v) is 6.05. The van der Waals surface area contributed by atoms with Crippen LogP contribution in [-0.2, 0) is 0 Å². The Morgan fingerprint density at radius 2 is 1.78 bits per heavy atom. The van der Waals surface area contributed by atoms with Gasteiger partial charge in [0.25, 0.3) is 5.91 Å². The number of carbonyl (C=O) groups is 1. The fraction of sp³-hybridized carbons (Fsp3) is 0.632. The Labute approximate surface area is 143 Å². The number of nitrogens with two attached hydrogens (primary N) is 1. The highest BCUT2D eigenvalue weighted by atomic mass is 35.5. The molecule has 0 aromatic heterocycles. The average Bonchev–Trinajstić information content (AvgIpc) is 2.48. The van der Waals surface area contributed by atoms with Crippen molar-refractivity contribution in [3.05, 3.63) is 28.8 Å². The molecule has 0 radical (unpaired) electrons. The number of nitrogens with one attached hydrogen (secondary N) is 1. The highest BCUT2D eigenvalue weighted by molar-refractivity contribution is 6.34. The molecule has 4 heteroatoms. The van der Waals surface area contributed by atoms with Crippen LogP contribution in [-0.4, -0.2) is 12.5 Å². The normalized spacial score (nSPS) is 34.6. The van der Waals surface area contributed by atoms with Crippen molar-refractivity contribution in [2.45, 2.75) is 44.9 Å².